The molecule has 2 aromatic carbocycles. The first-order chi connectivity index (χ1) is 10.8. The van der Waals surface area contributed by atoms with E-state index in [2.05, 4.69) is 42.5 Å². The average Bonchev–Trinajstić information content (AvgIpc) is 2.48. The van der Waals surface area contributed by atoms with Gasteiger partial charge in [0, 0.05) is 0 Å². The molecule has 0 spiro atoms. The van der Waals surface area contributed by atoms with Crippen LogP contribution in [0.4, 0.5) is 11.4 Å². The summed E-state index contributed by atoms with van der Waals surface area (Å²) in [5, 5.41) is 15.8. The van der Waals surface area contributed by atoms with E-state index in [4.69, 9.17) is 0 Å². The van der Waals surface area contributed by atoms with Crippen LogP contribution in [0.1, 0.15) is 16.7 Å². The van der Waals surface area contributed by atoms with Crippen molar-refractivity contribution in [2.75, 3.05) is 10.6 Å². The fraction of sp³-hybridized carbons (Fsp3) is 0.118. The number of hydrogen-bond acceptors (Lipinski definition) is 3. The highest BCUT2D eigenvalue weighted by molar-refractivity contribution is 9.11. The topological polar surface area (TPSA) is 61.4 Å². The first-order valence-electron chi connectivity index (χ1n) is 6.94. The number of halogens is 2. The number of anilines is 2. The van der Waals surface area contributed by atoms with Crippen LogP contribution in [0.15, 0.2) is 38.9 Å². The van der Waals surface area contributed by atoms with Crippen LogP contribution >= 0.6 is 31.9 Å². The molecule has 0 radical (unpaired) electrons. The lowest BCUT2D eigenvalue weighted by atomic mass is 10.1. The summed E-state index contributed by atoms with van der Waals surface area (Å²) in [7, 11) is 0. The molecule has 0 unspecified atom stereocenters. The fourth-order valence-corrected chi connectivity index (χ4v) is 3.57. The summed E-state index contributed by atoms with van der Waals surface area (Å²) in [5.74, 6) is -0.0641. The molecule has 0 aliphatic carbocycles. The molecule has 1 aliphatic rings. The summed E-state index contributed by atoms with van der Waals surface area (Å²) < 4.78 is 1.11. The molecule has 2 aromatic rings. The van der Waals surface area contributed by atoms with Crippen LogP contribution in [-0.4, -0.2) is 11.0 Å². The van der Waals surface area contributed by atoms with Crippen molar-refractivity contribution in [3.05, 3.63) is 55.6 Å². The van der Waals surface area contributed by atoms with Crippen LogP contribution in [0.25, 0.3) is 6.08 Å². The lowest BCUT2D eigenvalue weighted by molar-refractivity contribution is -0.112. The maximum Gasteiger partial charge on any atom is 0.272 e. The van der Waals surface area contributed by atoms with Crippen molar-refractivity contribution in [1.29, 1.82) is 0 Å². The summed E-state index contributed by atoms with van der Waals surface area (Å²) >= 11 is 6.58. The van der Waals surface area contributed by atoms with Crippen LogP contribution in [0, 0.1) is 13.8 Å². The van der Waals surface area contributed by atoms with Gasteiger partial charge in [0.15, 0.2) is 0 Å². The van der Waals surface area contributed by atoms with Gasteiger partial charge in [0.2, 0.25) is 0 Å². The summed E-state index contributed by atoms with van der Waals surface area (Å²) in [4.78, 5) is 12.3. The predicted molar refractivity (Wildman–Crippen MR) is 99.7 cm³/mol. The number of phenols is 1. The molecule has 0 atom stereocenters. The van der Waals surface area contributed by atoms with Crippen molar-refractivity contribution in [1.82, 2.24) is 0 Å². The minimum Gasteiger partial charge on any atom is -0.506 e. The van der Waals surface area contributed by atoms with Crippen molar-refractivity contribution in [2.24, 2.45) is 0 Å². The molecule has 1 amide bonds. The highest BCUT2D eigenvalue weighted by Gasteiger charge is 2.20. The number of carbonyl (C=O) groups is 1. The van der Waals surface area contributed by atoms with Gasteiger partial charge < -0.3 is 15.7 Å². The number of fused-ring (bicyclic) bond motifs is 1. The molecule has 118 valence electrons. The molecule has 0 bridgehead atoms. The maximum absolute atomic E-state index is 12.3. The van der Waals surface area contributed by atoms with Crippen LogP contribution in [0.2, 0.25) is 0 Å². The van der Waals surface area contributed by atoms with Gasteiger partial charge in [-0.15, -0.1) is 0 Å². The Bertz CT molecular complexity index is 837. The van der Waals surface area contributed by atoms with E-state index in [-0.39, 0.29) is 11.7 Å². The van der Waals surface area contributed by atoms with Crippen molar-refractivity contribution < 1.29 is 9.90 Å². The quantitative estimate of drug-likeness (QED) is 0.553. The Morgan fingerprint density at radius 3 is 2.04 bits per heavy atom. The Morgan fingerprint density at radius 1 is 0.957 bits per heavy atom. The van der Waals surface area contributed by atoms with Crippen molar-refractivity contribution >= 4 is 55.2 Å². The van der Waals surface area contributed by atoms with Crippen LogP contribution in [-0.2, 0) is 4.79 Å². The van der Waals surface area contributed by atoms with Gasteiger partial charge in [0.25, 0.3) is 5.91 Å². The van der Waals surface area contributed by atoms with E-state index in [1.54, 1.807) is 18.2 Å². The van der Waals surface area contributed by atoms with Gasteiger partial charge in [0.05, 0.1) is 20.3 Å². The van der Waals surface area contributed by atoms with Gasteiger partial charge in [-0.1, -0.05) is 0 Å². The van der Waals surface area contributed by atoms with E-state index in [9.17, 15) is 9.90 Å². The largest absolute Gasteiger partial charge is 0.506 e. The van der Waals surface area contributed by atoms with Gasteiger partial charge in [-0.25, -0.2) is 0 Å². The molecule has 4 nitrogen and oxygen atoms in total. The number of carbonyl (C=O) groups excluding carboxylic acids is 1. The van der Waals surface area contributed by atoms with E-state index < -0.39 is 0 Å². The molecule has 0 fully saturated rings. The van der Waals surface area contributed by atoms with Gasteiger partial charge in [-0.3, -0.25) is 4.79 Å². The second kappa shape index (κ2) is 6.02. The maximum atomic E-state index is 12.3. The SMILES string of the molecule is Cc1cc2c(cc1C)NC(=Cc1cc(Br)c(O)c(Br)c1)C(=O)N2. The standard InChI is InChI=1S/C17H14Br2N2O2/c1-8-3-13-14(4-9(8)2)21-17(23)15(20-13)7-10-5-11(18)16(22)12(19)6-10/h3-7,20,22H,1-2H3,(H,21,23). The molecule has 0 aromatic heterocycles. The third kappa shape index (κ3) is 3.14. The minimum absolute atomic E-state index is 0.129. The molecular formula is C17H14Br2N2O2. The van der Waals surface area contributed by atoms with Gasteiger partial charge >= 0.3 is 0 Å². The van der Waals surface area contributed by atoms with Gasteiger partial charge in [0.1, 0.15) is 11.4 Å². The Hall–Kier alpha value is -1.79. The number of nitrogens with one attached hydrogen (secondary N) is 2. The molecule has 0 saturated carbocycles. The fourth-order valence-electron chi connectivity index (χ4n) is 2.35. The number of rotatable bonds is 1. The summed E-state index contributed by atoms with van der Waals surface area (Å²) in [5.41, 5.74) is 5.17. The zero-order valence-electron chi connectivity index (χ0n) is 12.5. The molecule has 3 rings (SSSR count). The first kappa shape index (κ1) is 16.1. The Morgan fingerprint density at radius 2 is 1.48 bits per heavy atom. The summed E-state index contributed by atoms with van der Waals surface area (Å²) in [6, 6.07) is 7.47. The molecule has 0 saturated heterocycles. The normalized spacial score (nSPS) is 15.1. The summed E-state index contributed by atoms with van der Waals surface area (Å²) in [6.45, 7) is 4.05. The second-order valence-corrected chi connectivity index (χ2v) is 7.16. The Balaban J connectivity index is 2.01. The van der Waals surface area contributed by atoms with Gasteiger partial charge in [-0.05, 0) is 92.7 Å². The van der Waals surface area contributed by atoms with Crippen molar-refractivity contribution in [3.63, 3.8) is 0 Å². The highest BCUT2D eigenvalue weighted by Crippen LogP contribution is 2.35. The number of phenolic OH excluding ortho intramolecular Hbond substituents is 1. The average molecular weight is 438 g/mol. The number of amides is 1. The predicted octanol–water partition coefficient (Wildman–Crippen LogP) is 4.94. The lowest BCUT2D eigenvalue weighted by Crippen LogP contribution is -2.25. The lowest BCUT2D eigenvalue weighted by Gasteiger charge is -2.22. The summed E-state index contributed by atoms with van der Waals surface area (Å²) in [6.07, 6.45) is 1.74. The van der Waals surface area contributed by atoms with E-state index in [1.807, 2.05) is 26.0 Å². The molecular weight excluding hydrogens is 424 g/mol. The molecule has 3 N–H and O–H groups in total. The van der Waals surface area contributed by atoms with Crippen molar-refractivity contribution in [3.8, 4) is 5.75 Å². The number of hydrogen-bond donors (Lipinski definition) is 3. The Kier molecular flexibility index (Phi) is 4.21. The van der Waals surface area contributed by atoms with Crippen LogP contribution in [0.5, 0.6) is 5.75 Å². The van der Waals surface area contributed by atoms with Crippen LogP contribution < -0.4 is 10.6 Å². The third-order valence-electron chi connectivity index (χ3n) is 3.75. The first-order valence-corrected chi connectivity index (χ1v) is 8.53. The minimum atomic E-state index is -0.193. The zero-order valence-corrected chi connectivity index (χ0v) is 15.7. The smallest absolute Gasteiger partial charge is 0.272 e. The monoisotopic (exact) mass is 436 g/mol. The van der Waals surface area contributed by atoms with E-state index in [1.165, 1.54) is 0 Å². The number of aryl methyl sites for hydroxylation is 2. The van der Waals surface area contributed by atoms with Gasteiger partial charge in [-0.2, -0.15) is 0 Å². The van der Waals surface area contributed by atoms with Crippen molar-refractivity contribution in [2.45, 2.75) is 13.8 Å². The highest BCUT2D eigenvalue weighted by atomic mass is 79.9. The molecule has 1 aliphatic heterocycles. The van der Waals surface area contributed by atoms with Crippen LogP contribution in [0.3, 0.4) is 0 Å². The Labute approximate surface area is 150 Å². The number of aromatic hydroxyl groups is 1. The van der Waals surface area contributed by atoms with E-state index >= 15 is 0 Å². The molecule has 23 heavy (non-hydrogen) atoms. The van der Waals surface area contributed by atoms with E-state index in [0.29, 0.717) is 14.6 Å². The van der Waals surface area contributed by atoms with E-state index in [0.717, 1.165) is 28.1 Å². The second-order valence-electron chi connectivity index (χ2n) is 5.45. The zero-order chi connectivity index (χ0) is 16.7. The third-order valence-corrected chi connectivity index (χ3v) is 4.96. The number of benzene rings is 2. The molecule has 1 heterocycles. The molecule has 6 heteroatoms.